The van der Waals surface area contributed by atoms with Gasteiger partial charge in [0.15, 0.2) is 0 Å². The molecule has 0 aliphatic heterocycles. The molecule has 0 saturated carbocycles. The minimum Gasteiger partial charge on any atom is -0.497 e. The minimum atomic E-state index is -0.875. The van der Waals surface area contributed by atoms with Crippen LogP contribution in [0.2, 0.25) is 0 Å². The average Bonchev–Trinajstić information content (AvgIpc) is 3.14. The number of carbonyl (C=O) groups excluding carboxylic acids is 2. The SMILES string of the molecule is COc1ccc(CNC(=O)C(=O)NCC(O)c2csc3ccccc23)cc1. The Morgan fingerprint density at radius 1 is 1.07 bits per heavy atom. The Morgan fingerprint density at radius 3 is 2.52 bits per heavy atom. The van der Waals surface area contributed by atoms with E-state index in [1.807, 2.05) is 41.8 Å². The van der Waals surface area contributed by atoms with Gasteiger partial charge < -0.3 is 20.5 Å². The van der Waals surface area contributed by atoms with Gasteiger partial charge in [0, 0.05) is 23.4 Å². The van der Waals surface area contributed by atoms with Gasteiger partial charge in [-0.15, -0.1) is 11.3 Å². The van der Waals surface area contributed by atoms with Gasteiger partial charge in [0.25, 0.3) is 0 Å². The van der Waals surface area contributed by atoms with Crippen molar-refractivity contribution in [3.63, 3.8) is 0 Å². The highest BCUT2D eigenvalue weighted by atomic mass is 32.1. The molecule has 1 atom stereocenters. The maximum Gasteiger partial charge on any atom is 0.309 e. The van der Waals surface area contributed by atoms with Gasteiger partial charge in [-0.2, -0.15) is 0 Å². The lowest BCUT2D eigenvalue weighted by Crippen LogP contribution is -2.41. The number of fused-ring (bicyclic) bond motifs is 1. The zero-order valence-corrected chi connectivity index (χ0v) is 15.6. The molecular weight excluding hydrogens is 364 g/mol. The first kappa shape index (κ1) is 18.9. The Morgan fingerprint density at radius 2 is 1.78 bits per heavy atom. The maximum atomic E-state index is 12.0. The van der Waals surface area contributed by atoms with Crippen molar-refractivity contribution in [1.82, 2.24) is 10.6 Å². The first-order chi connectivity index (χ1) is 13.1. The van der Waals surface area contributed by atoms with Crippen molar-refractivity contribution in [3.05, 3.63) is 65.0 Å². The smallest absolute Gasteiger partial charge is 0.309 e. The summed E-state index contributed by atoms with van der Waals surface area (Å²) in [6.45, 7) is 0.198. The Labute approximate surface area is 160 Å². The Hall–Kier alpha value is -2.90. The quantitative estimate of drug-likeness (QED) is 0.570. The van der Waals surface area contributed by atoms with Gasteiger partial charge in [-0.25, -0.2) is 0 Å². The predicted molar refractivity (Wildman–Crippen MR) is 105 cm³/mol. The Balaban J connectivity index is 1.49. The van der Waals surface area contributed by atoms with Gasteiger partial charge in [0.1, 0.15) is 5.75 Å². The molecule has 6 nitrogen and oxygen atoms in total. The fourth-order valence-corrected chi connectivity index (χ4v) is 3.65. The highest BCUT2D eigenvalue weighted by molar-refractivity contribution is 7.17. The van der Waals surface area contributed by atoms with Gasteiger partial charge in [-0.1, -0.05) is 30.3 Å². The van der Waals surface area contributed by atoms with E-state index in [4.69, 9.17) is 4.74 Å². The summed E-state index contributed by atoms with van der Waals surface area (Å²) >= 11 is 1.53. The summed E-state index contributed by atoms with van der Waals surface area (Å²) in [7, 11) is 1.58. The molecule has 1 aromatic heterocycles. The lowest BCUT2D eigenvalue weighted by atomic mass is 10.1. The van der Waals surface area contributed by atoms with E-state index in [1.54, 1.807) is 19.2 Å². The number of aliphatic hydroxyl groups is 1. The van der Waals surface area contributed by atoms with Crippen molar-refractivity contribution in [3.8, 4) is 5.75 Å². The van der Waals surface area contributed by atoms with E-state index in [0.717, 1.165) is 27.0 Å². The molecule has 0 radical (unpaired) electrons. The van der Waals surface area contributed by atoms with E-state index < -0.39 is 17.9 Å². The first-order valence-electron chi connectivity index (χ1n) is 8.41. The molecule has 0 bridgehead atoms. The molecule has 0 aliphatic carbocycles. The molecule has 0 spiro atoms. The van der Waals surface area contributed by atoms with Crippen molar-refractivity contribution in [1.29, 1.82) is 0 Å². The maximum absolute atomic E-state index is 12.0. The second kappa shape index (κ2) is 8.66. The van der Waals surface area contributed by atoms with E-state index in [2.05, 4.69) is 10.6 Å². The lowest BCUT2D eigenvalue weighted by Gasteiger charge is -2.12. The number of amides is 2. The van der Waals surface area contributed by atoms with Crippen molar-refractivity contribution in [2.45, 2.75) is 12.6 Å². The standard InChI is InChI=1S/C20H20N2O4S/c1-26-14-8-6-13(7-9-14)10-21-19(24)20(25)22-11-17(23)16-12-27-18-5-3-2-4-15(16)18/h2-9,12,17,23H,10-11H2,1H3,(H,21,24)(H,22,25). The Kier molecular flexibility index (Phi) is 6.05. The number of hydrogen-bond acceptors (Lipinski definition) is 5. The molecule has 140 valence electrons. The zero-order valence-electron chi connectivity index (χ0n) is 14.8. The van der Waals surface area contributed by atoms with E-state index in [0.29, 0.717) is 0 Å². The second-order valence-electron chi connectivity index (χ2n) is 5.94. The van der Waals surface area contributed by atoms with Crippen LogP contribution >= 0.6 is 11.3 Å². The fourth-order valence-electron chi connectivity index (χ4n) is 2.64. The average molecular weight is 384 g/mol. The Bertz CT molecular complexity index is 937. The first-order valence-corrected chi connectivity index (χ1v) is 9.29. The van der Waals surface area contributed by atoms with Crippen molar-refractivity contribution >= 4 is 33.2 Å². The second-order valence-corrected chi connectivity index (χ2v) is 6.86. The van der Waals surface area contributed by atoms with E-state index in [9.17, 15) is 14.7 Å². The molecule has 2 aromatic carbocycles. The lowest BCUT2D eigenvalue weighted by molar-refractivity contribution is -0.139. The van der Waals surface area contributed by atoms with Crippen LogP contribution < -0.4 is 15.4 Å². The molecular formula is C20H20N2O4S. The van der Waals surface area contributed by atoms with Crippen LogP contribution in [0.5, 0.6) is 5.75 Å². The monoisotopic (exact) mass is 384 g/mol. The number of methoxy groups -OCH3 is 1. The van der Waals surface area contributed by atoms with Gasteiger partial charge >= 0.3 is 11.8 Å². The van der Waals surface area contributed by atoms with Crippen LogP contribution in [0.1, 0.15) is 17.2 Å². The van der Waals surface area contributed by atoms with Gasteiger partial charge in [0.05, 0.1) is 13.2 Å². The molecule has 0 fully saturated rings. The number of carbonyl (C=O) groups is 2. The topological polar surface area (TPSA) is 87.7 Å². The molecule has 3 N–H and O–H groups in total. The van der Waals surface area contributed by atoms with Crippen molar-refractivity contribution in [2.24, 2.45) is 0 Å². The van der Waals surface area contributed by atoms with Crippen LogP contribution in [0.15, 0.2) is 53.9 Å². The number of rotatable bonds is 6. The molecule has 3 aromatic rings. The molecule has 1 heterocycles. The van der Waals surface area contributed by atoms with Crippen LogP contribution in [0.4, 0.5) is 0 Å². The molecule has 1 unspecified atom stereocenters. The summed E-state index contributed by atoms with van der Waals surface area (Å²) in [5.74, 6) is -0.798. The number of nitrogens with one attached hydrogen (secondary N) is 2. The third-order valence-corrected chi connectivity index (χ3v) is 5.13. The third-order valence-electron chi connectivity index (χ3n) is 4.14. The van der Waals surface area contributed by atoms with Gasteiger partial charge in [0.2, 0.25) is 0 Å². The predicted octanol–water partition coefficient (Wildman–Crippen LogP) is 2.38. The largest absolute Gasteiger partial charge is 0.497 e. The summed E-state index contributed by atoms with van der Waals surface area (Å²) in [6.07, 6.45) is -0.875. The number of aliphatic hydroxyl groups excluding tert-OH is 1. The molecule has 0 saturated heterocycles. The molecule has 0 aliphatic rings. The normalized spacial score (nSPS) is 11.8. The molecule has 2 amide bonds. The summed E-state index contributed by atoms with van der Waals surface area (Å²) in [6, 6.07) is 14.9. The van der Waals surface area contributed by atoms with E-state index in [1.165, 1.54) is 11.3 Å². The highest BCUT2D eigenvalue weighted by Crippen LogP contribution is 2.29. The van der Waals surface area contributed by atoms with E-state index >= 15 is 0 Å². The van der Waals surface area contributed by atoms with Crippen LogP contribution in [-0.4, -0.2) is 30.6 Å². The van der Waals surface area contributed by atoms with Gasteiger partial charge in [-0.05, 0) is 34.5 Å². The summed E-state index contributed by atoms with van der Waals surface area (Å²) in [5.41, 5.74) is 1.59. The summed E-state index contributed by atoms with van der Waals surface area (Å²) in [5, 5.41) is 18.2. The summed E-state index contributed by atoms with van der Waals surface area (Å²) < 4.78 is 6.14. The highest BCUT2D eigenvalue weighted by Gasteiger charge is 2.17. The fraction of sp³-hybridized carbons (Fsp3) is 0.200. The number of thiophene rings is 1. The van der Waals surface area contributed by atoms with Crippen LogP contribution in [0.3, 0.4) is 0 Å². The van der Waals surface area contributed by atoms with Crippen LogP contribution in [0.25, 0.3) is 10.1 Å². The van der Waals surface area contributed by atoms with Crippen molar-refractivity contribution < 1.29 is 19.4 Å². The van der Waals surface area contributed by atoms with Crippen molar-refractivity contribution in [2.75, 3.05) is 13.7 Å². The minimum absolute atomic E-state index is 0.0322. The number of benzene rings is 2. The van der Waals surface area contributed by atoms with E-state index in [-0.39, 0.29) is 13.1 Å². The van der Waals surface area contributed by atoms with Gasteiger partial charge in [-0.3, -0.25) is 9.59 Å². The zero-order chi connectivity index (χ0) is 19.2. The number of ether oxygens (including phenoxy) is 1. The van der Waals surface area contributed by atoms with Crippen LogP contribution in [0, 0.1) is 0 Å². The van der Waals surface area contributed by atoms with Crippen LogP contribution in [-0.2, 0) is 16.1 Å². The number of hydrogen-bond donors (Lipinski definition) is 3. The molecule has 7 heteroatoms. The molecule has 3 rings (SSSR count). The third kappa shape index (κ3) is 4.64. The molecule has 27 heavy (non-hydrogen) atoms. The summed E-state index contributed by atoms with van der Waals surface area (Å²) in [4.78, 5) is 23.9.